The Morgan fingerprint density at radius 1 is 1.11 bits per heavy atom. The first kappa shape index (κ1) is 27.0. The second kappa shape index (κ2) is 12.5. The van der Waals surface area contributed by atoms with E-state index < -0.39 is 6.10 Å². The number of likely N-dealkylation sites (N-methyl/N-ethyl adjacent to an activating group) is 1. The number of hydrogen-bond acceptors (Lipinski definition) is 6. The van der Waals surface area contributed by atoms with Gasteiger partial charge in [0.2, 0.25) is 0 Å². The highest BCUT2D eigenvalue weighted by molar-refractivity contribution is 6.31. The fraction of sp³-hybridized carbons (Fsp3) is 0.367. The molecule has 3 aromatic rings. The predicted molar refractivity (Wildman–Crippen MR) is 146 cm³/mol. The molecule has 0 unspecified atom stereocenters. The molecule has 1 heterocycles. The smallest absolute Gasteiger partial charge is 0.337 e. The number of aliphatic hydroxyl groups excluding tert-OH is 1. The van der Waals surface area contributed by atoms with Gasteiger partial charge >= 0.3 is 5.97 Å². The average Bonchev–Trinajstić information content (AvgIpc) is 2.90. The number of nitrogens with zero attached hydrogens (tertiary/aromatic N) is 1. The molecule has 1 aliphatic heterocycles. The first-order valence-electron chi connectivity index (χ1n) is 12.6. The summed E-state index contributed by atoms with van der Waals surface area (Å²) in [5.74, 6) is 0.479. The summed E-state index contributed by atoms with van der Waals surface area (Å²) >= 11 is 6.55. The molecule has 1 N–H and O–H groups in total. The van der Waals surface area contributed by atoms with Crippen LogP contribution >= 0.6 is 11.6 Å². The first-order valence-corrected chi connectivity index (χ1v) is 13.0. The van der Waals surface area contributed by atoms with Gasteiger partial charge < -0.3 is 24.2 Å². The predicted octanol–water partition coefficient (Wildman–Crippen LogP) is 5.83. The molecule has 0 aliphatic carbocycles. The van der Waals surface area contributed by atoms with Crippen molar-refractivity contribution in [3.63, 3.8) is 0 Å². The molecule has 196 valence electrons. The zero-order valence-electron chi connectivity index (χ0n) is 21.5. The summed E-state index contributed by atoms with van der Waals surface area (Å²) in [6, 6.07) is 21.3. The number of benzene rings is 3. The van der Waals surface area contributed by atoms with Gasteiger partial charge in [-0.1, -0.05) is 41.9 Å². The maximum Gasteiger partial charge on any atom is 0.337 e. The van der Waals surface area contributed by atoms with E-state index in [0.717, 1.165) is 28.1 Å². The largest absolute Gasteiger partial charge is 0.494 e. The highest BCUT2D eigenvalue weighted by atomic mass is 35.5. The fourth-order valence-corrected chi connectivity index (χ4v) is 4.93. The van der Waals surface area contributed by atoms with Crippen LogP contribution in [0.1, 0.15) is 52.9 Å². The van der Waals surface area contributed by atoms with Gasteiger partial charge in [0.25, 0.3) is 0 Å². The van der Waals surface area contributed by atoms with Crippen LogP contribution in [0.25, 0.3) is 0 Å². The molecular formula is C30H34ClNO5. The van der Waals surface area contributed by atoms with E-state index >= 15 is 0 Å². The van der Waals surface area contributed by atoms with Crippen LogP contribution in [0.4, 0.5) is 5.69 Å². The van der Waals surface area contributed by atoms with E-state index in [0.29, 0.717) is 43.0 Å². The van der Waals surface area contributed by atoms with E-state index in [2.05, 4.69) is 18.2 Å². The van der Waals surface area contributed by atoms with E-state index in [1.165, 1.54) is 7.11 Å². The maximum atomic E-state index is 11.9. The molecule has 0 aromatic heterocycles. The molecule has 3 aromatic carbocycles. The molecule has 1 aliphatic rings. The van der Waals surface area contributed by atoms with E-state index in [1.807, 2.05) is 55.3 Å². The summed E-state index contributed by atoms with van der Waals surface area (Å²) in [5.41, 5.74) is 4.54. The number of hydrogen-bond donors (Lipinski definition) is 1. The lowest BCUT2D eigenvalue weighted by Gasteiger charge is -2.36. The van der Waals surface area contributed by atoms with Crippen LogP contribution in [-0.2, 0) is 15.9 Å². The van der Waals surface area contributed by atoms with Gasteiger partial charge in [0, 0.05) is 37.1 Å². The second-order valence-electron chi connectivity index (χ2n) is 9.40. The van der Waals surface area contributed by atoms with E-state index in [-0.39, 0.29) is 18.2 Å². The van der Waals surface area contributed by atoms with Gasteiger partial charge in [0.15, 0.2) is 0 Å². The van der Waals surface area contributed by atoms with Crippen LogP contribution in [0, 0.1) is 0 Å². The molecule has 7 heteroatoms. The van der Waals surface area contributed by atoms with E-state index in [9.17, 15) is 9.90 Å². The number of ether oxygens (including phenoxy) is 3. The Morgan fingerprint density at radius 2 is 1.89 bits per heavy atom. The lowest BCUT2D eigenvalue weighted by molar-refractivity contribution is -0.0933. The van der Waals surface area contributed by atoms with Gasteiger partial charge in [-0.3, -0.25) is 0 Å². The summed E-state index contributed by atoms with van der Waals surface area (Å²) in [4.78, 5) is 13.9. The monoisotopic (exact) mass is 523 g/mol. The SMILES string of the molecule is CCOc1ccc(Cc2cc([C@H]3C[C@@H](O)C[C@@H](CN(C)c4cccc(C(=O)OC)c4)O3)ccc2Cl)cc1. The number of anilines is 1. The molecule has 0 saturated carbocycles. The first-order chi connectivity index (χ1) is 17.9. The van der Waals surface area contributed by atoms with Crippen molar-refractivity contribution in [2.45, 2.75) is 44.5 Å². The zero-order valence-corrected chi connectivity index (χ0v) is 22.3. The van der Waals surface area contributed by atoms with Crippen LogP contribution < -0.4 is 9.64 Å². The number of aliphatic hydroxyl groups is 1. The van der Waals surface area contributed by atoms with Crippen LogP contribution in [-0.4, -0.2) is 50.6 Å². The second-order valence-corrected chi connectivity index (χ2v) is 9.81. The van der Waals surface area contributed by atoms with Crippen molar-refractivity contribution in [2.75, 3.05) is 32.2 Å². The molecule has 0 bridgehead atoms. The third-order valence-electron chi connectivity index (χ3n) is 6.63. The number of methoxy groups -OCH3 is 1. The molecule has 4 rings (SSSR count). The number of esters is 1. The van der Waals surface area contributed by atoms with Crippen LogP contribution in [0.2, 0.25) is 5.02 Å². The number of halogens is 1. The molecule has 6 nitrogen and oxygen atoms in total. The quantitative estimate of drug-likeness (QED) is 0.356. The summed E-state index contributed by atoms with van der Waals surface area (Å²) in [7, 11) is 3.32. The molecule has 1 saturated heterocycles. The standard InChI is InChI=1S/C30H34ClNO5/c1-4-36-26-11-8-20(9-12-26)14-23-15-21(10-13-28(23)31)29-18-25(33)17-27(37-29)19-32(2)24-7-5-6-22(16-24)30(34)35-3/h5-13,15-16,25,27,29,33H,4,14,17-19H2,1-3H3/t25-,27-,29+/m0/s1. The number of carbonyl (C=O) groups excluding carboxylic acids is 1. The Bertz CT molecular complexity index is 1200. The van der Waals surface area contributed by atoms with Crippen molar-refractivity contribution in [3.05, 3.63) is 94.0 Å². The van der Waals surface area contributed by atoms with Crippen molar-refractivity contribution in [1.82, 2.24) is 0 Å². The van der Waals surface area contributed by atoms with Crippen LogP contribution in [0.3, 0.4) is 0 Å². The van der Waals surface area contributed by atoms with E-state index in [1.54, 1.807) is 12.1 Å². The summed E-state index contributed by atoms with van der Waals surface area (Å²) in [5, 5.41) is 11.4. The Labute approximate surface area is 223 Å². The van der Waals surface area contributed by atoms with Gasteiger partial charge in [-0.2, -0.15) is 0 Å². The average molecular weight is 524 g/mol. The summed E-state index contributed by atoms with van der Waals surface area (Å²) in [6.45, 7) is 3.18. The zero-order chi connectivity index (χ0) is 26.4. The van der Waals surface area contributed by atoms with Crippen molar-refractivity contribution < 1.29 is 24.1 Å². The lowest BCUT2D eigenvalue weighted by atomic mass is 9.93. The van der Waals surface area contributed by atoms with Crippen LogP contribution in [0.15, 0.2) is 66.7 Å². The Hall–Kier alpha value is -3.06. The topological polar surface area (TPSA) is 68.2 Å². The minimum atomic E-state index is -0.469. The van der Waals surface area contributed by atoms with Gasteiger partial charge in [-0.25, -0.2) is 4.79 Å². The molecule has 0 radical (unpaired) electrons. The Kier molecular flexibility index (Phi) is 9.09. The molecular weight excluding hydrogens is 490 g/mol. The van der Waals surface area contributed by atoms with Gasteiger partial charge in [0.05, 0.1) is 37.6 Å². The van der Waals surface area contributed by atoms with Gasteiger partial charge in [0.1, 0.15) is 5.75 Å². The van der Waals surface area contributed by atoms with Crippen molar-refractivity contribution in [1.29, 1.82) is 0 Å². The number of rotatable bonds is 9. The minimum absolute atomic E-state index is 0.175. The molecule has 0 spiro atoms. The maximum absolute atomic E-state index is 11.9. The third-order valence-corrected chi connectivity index (χ3v) is 7.00. The van der Waals surface area contributed by atoms with Gasteiger partial charge in [-0.15, -0.1) is 0 Å². The van der Waals surface area contributed by atoms with Crippen LogP contribution in [0.5, 0.6) is 5.75 Å². The normalized spacial score (nSPS) is 19.3. The van der Waals surface area contributed by atoms with E-state index in [4.69, 9.17) is 25.8 Å². The molecule has 3 atom stereocenters. The molecule has 0 amide bonds. The summed E-state index contributed by atoms with van der Waals surface area (Å²) in [6.07, 6.45) is 0.887. The van der Waals surface area contributed by atoms with Crippen molar-refractivity contribution in [2.24, 2.45) is 0 Å². The Morgan fingerprint density at radius 3 is 2.62 bits per heavy atom. The van der Waals surface area contributed by atoms with Crippen molar-refractivity contribution in [3.8, 4) is 5.75 Å². The highest BCUT2D eigenvalue weighted by Crippen LogP contribution is 2.34. The third kappa shape index (κ3) is 7.04. The fourth-order valence-electron chi connectivity index (χ4n) is 4.74. The molecule has 37 heavy (non-hydrogen) atoms. The Balaban J connectivity index is 1.45. The minimum Gasteiger partial charge on any atom is -0.494 e. The van der Waals surface area contributed by atoms with Crippen molar-refractivity contribution >= 4 is 23.3 Å². The highest BCUT2D eigenvalue weighted by Gasteiger charge is 2.30. The number of carbonyl (C=O) groups is 1. The lowest BCUT2D eigenvalue weighted by Crippen LogP contribution is -2.39. The molecule has 1 fully saturated rings. The summed E-state index contributed by atoms with van der Waals surface area (Å²) < 4.78 is 16.8. The van der Waals surface area contributed by atoms with Gasteiger partial charge in [-0.05, 0) is 66.4 Å².